The molecule has 2 amide bonds. The summed E-state index contributed by atoms with van der Waals surface area (Å²) in [5, 5.41) is 0. The minimum absolute atomic E-state index is 0.130. The predicted octanol–water partition coefficient (Wildman–Crippen LogP) is 2.94. The second-order valence-corrected chi connectivity index (χ2v) is 10.2. The SMILES string of the molecule is C[C@@H]1C[C@@H]1C(=O)N1CCCC[C@H]1c1nc2c(c(=O)[nH]1)CN(C(=O)CC1CCCC1)CC2. The van der Waals surface area contributed by atoms with Crippen LogP contribution in [0.25, 0.3) is 0 Å². The van der Waals surface area contributed by atoms with Gasteiger partial charge in [0.05, 0.1) is 23.8 Å². The third-order valence-corrected chi connectivity index (χ3v) is 7.91. The van der Waals surface area contributed by atoms with E-state index >= 15 is 0 Å². The maximum absolute atomic E-state index is 13.0. The zero-order chi connectivity index (χ0) is 21.5. The van der Waals surface area contributed by atoms with Crippen LogP contribution in [0.1, 0.15) is 87.8 Å². The van der Waals surface area contributed by atoms with Crippen LogP contribution in [-0.2, 0) is 22.6 Å². The van der Waals surface area contributed by atoms with Crippen molar-refractivity contribution in [1.82, 2.24) is 19.8 Å². The van der Waals surface area contributed by atoms with Gasteiger partial charge in [-0.15, -0.1) is 0 Å². The summed E-state index contributed by atoms with van der Waals surface area (Å²) in [6.45, 7) is 3.86. The van der Waals surface area contributed by atoms with Crippen molar-refractivity contribution in [2.24, 2.45) is 17.8 Å². The highest BCUT2D eigenvalue weighted by Crippen LogP contribution is 2.42. The summed E-state index contributed by atoms with van der Waals surface area (Å²) in [4.78, 5) is 50.3. The van der Waals surface area contributed by atoms with Crippen LogP contribution in [0.3, 0.4) is 0 Å². The largest absolute Gasteiger partial charge is 0.338 e. The Labute approximate surface area is 183 Å². The fourth-order valence-corrected chi connectivity index (χ4v) is 5.76. The van der Waals surface area contributed by atoms with Crippen LogP contribution >= 0.6 is 0 Å². The molecule has 2 aliphatic heterocycles. The molecule has 0 aromatic carbocycles. The molecule has 1 aromatic heterocycles. The molecular weight excluding hydrogens is 392 g/mol. The number of amides is 2. The van der Waals surface area contributed by atoms with E-state index in [0.717, 1.165) is 50.8 Å². The summed E-state index contributed by atoms with van der Waals surface area (Å²) in [5.41, 5.74) is 1.29. The van der Waals surface area contributed by atoms with Gasteiger partial charge < -0.3 is 14.8 Å². The predicted molar refractivity (Wildman–Crippen MR) is 116 cm³/mol. The van der Waals surface area contributed by atoms with E-state index in [1.807, 2.05) is 9.80 Å². The molecule has 2 saturated carbocycles. The van der Waals surface area contributed by atoms with Gasteiger partial charge in [-0.1, -0.05) is 19.8 Å². The van der Waals surface area contributed by atoms with Gasteiger partial charge in [0.1, 0.15) is 5.82 Å². The number of fused-ring (bicyclic) bond motifs is 1. The molecule has 0 spiro atoms. The number of carbonyl (C=O) groups is 2. The molecule has 0 unspecified atom stereocenters. The van der Waals surface area contributed by atoms with Crippen molar-refractivity contribution in [3.63, 3.8) is 0 Å². The van der Waals surface area contributed by atoms with Gasteiger partial charge in [-0.25, -0.2) is 4.98 Å². The highest BCUT2D eigenvalue weighted by molar-refractivity contribution is 5.82. The zero-order valence-electron chi connectivity index (χ0n) is 18.6. The Morgan fingerprint density at radius 2 is 1.84 bits per heavy atom. The van der Waals surface area contributed by atoms with E-state index in [1.54, 1.807) is 0 Å². The third kappa shape index (κ3) is 4.15. The first-order valence-electron chi connectivity index (χ1n) is 12.2. The number of nitrogens with one attached hydrogen (secondary N) is 1. The molecule has 2 aliphatic carbocycles. The average molecular weight is 427 g/mol. The minimum Gasteiger partial charge on any atom is -0.338 e. The van der Waals surface area contributed by atoms with Crippen LogP contribution in [0.4, 0.5) is 0 Å². The monoisotopic (exact) mass is 426 g/mol. The van der Waals surface area contributed by atoms with Gasteiger partial charge in [0.25, 0.3) is 5.56 Å². The Balaban J connectivity index is 1.32. The lowest BCUT2D eigenvalue weighted by Crippen LogP contribution is -2.43. The van der Waals surface area contributed by atoms with E-state index in [9.17, 15) is 14.4 Å². The van der Waals surface area contributed by atoms with Crippen LogP contribution in [0.2, 0.25) is 0 Å². The van der Waals surface area contributed by atoms with Gasteiger partial charge in [0.15, 0.2) is 0 Å². The van der Waals surface area contributed by atoms with Gasteiger partial charge >= 0.3 is 0 Å². The molecule has 0 bridgehead atoms. The number of piperidine rings is 1. The first-order chi connectivity index (χ1) is 15.0. The van der Waals surface area contributed by atoms with Gasteiger partial charge in [-0.2, -0.15) is 0 Å². The Bertz CT molecular complexity index is 920. The highest BCUT2D eigenvalue weighted by atomic mass is 16.2. The Morgan fingerprint density at radius 1 is 1.10 bits per heavy atom. The Morgan fingerprint density at radius 3 is 2.58 bits per heavy atom. The fraction of sp³-hybridized carbons (Fsp3) is 0.750. The number of hydrogen-bond acceptors (Lipinski definition) is 4. The second kappa shape index (κ2) is 8.40. The van der Waals surface area contributed by atoms with E-state index in [4.69, 9.17) is 4.98 Å². The van der Waals surface area contributed by atoms with E-state index in [1.165, 1.54) is 12.8 Å². The van der Waals surface area contributed by atoms with E-state index in [-0.39, 0.29) is 29.3 Å². The van der Waals surface area contributed by atoms with Crippen molar-refractivity contribution < 1.29 is 9.59 Å². The Hall–Kier alpha value is -2.18. The number of rotatable bonds is 4. The van der Waals surface area contributed by atoms with Crippen LogP contribution in [0.15, 0.2) is 4.79 Å². The molecule has 31 heavy (non-hydrogen) atoms. The summed E-state index contributed by atoms with van der Waals surface area (Å²) >= 11 is 0. The van der Waals surface area contributed by atoms with Gasteiger partial charge in [0, 0.05) is 31.8 Å². The fourth-order valence-electron chi connectivity index (χ4n) is 5.76. The molecule has 7 heteroatoms. The molecule has 168 valence electrons. The second-order valence-electron chi connectivity index (χ2n) is 10.2. The first-order valence-corrected chi connectivity index (χ1v) is 12.2. The molecule has 1 saturated heterocycles. The number of carbonyl (C=O) groups excluding carboxylic acids is 2. The first kappa shape index (κ1) is 20.7. The van der Waals surface area contributed by atoms with E-state index in [2.05, 4.69) is 11.9 Å². The third-order valence-electron chi connectivity index (χ3n) is 7.91. The van der Waals surface area contributed by atoms with Crippen molar-refractivity contribution in [3.05, 3.63) is 27.4 Å². The smallest absolute Gasteiger partial charge is 0.256 e. The minimum atomic E-state index is -0.142. The number of likely N-dealkylation sites (tertiary alicyclic amines) is 1. The molecule has 1 N–H and O–H groups in total. The molecule has 3 fully saturated rings. The summed E-state index contributed by atoms with van der Waals surface area (Å²) in [6, 6.07) is -0.130. The molecule has 4 aliphatic rings. The van der Waals surface area contributed by atoms with Gasteiger partial charge in [-0.3, -0.25) is 14.4 Å². The number of hydrogen-bond donors (Lipinski definition) is 1. The standard InChI is InChI=1S/C24H34N4O3/c1-15-12-17(15)24(31)28-10-5-4-8-20(28)22-25-19-9-11-27(14-18(19)23(30)26-22)21(29)13-16-6-2-3-7-16/h15-17,20H,2-14H2,1H3,(H,25,26,30)/t15-,17+,20+/m1/s1. The summed E-state index contributed by atoms with van der Waals surface area (Å²) in [5.74, 6) is 2.15. The maximum atomic E-state index is 13.0. The molecule has 1 aromatic rings. The number of nitrogens with zero attached hydrogens (tertiary/aromatic N) is 3. The summed E-state index contributed by atoms with van der Waals surface area (Å²) < 4.78 is 0. The van der Waals surface area contributed by atoms with Crippen molar-refractivity contribution in [2.75, 3.05) is 13.1 Å². The molecule has 3 atom stereocenters. The van der Waals surface area contributed by atoms with Crippen LogP contribution in [0, 0.1) is 17.8 Å². The molecule has 3 heterocycles. The Kier molecular flexibility index (Phi) is 5.61. The van der Waals surface area contributed by atoms with Crippen LogP contribution < -0.4 is 5.56 Å². The topological polar surface area (TPSA) is 86.4 Å². The molecular formula is C24H34N4O3. The number of H-pyrrole nitrogens is 1. The number of aromatic nitrogens is 2. The molecule has 5 rings (SSSR count). The van der Waals surface area contributed by atoms with Crippen molar-refractivity contribution in [1.29, 1.82) is 0 Å². The van der Waals surface area contributed by atoms with Crippen LogP contribution in [0.5, 0.6) is 0 Å². The number of aromatic amines is 1. The van der Waals surface area contributed by atoms with E-state index in [0.29, 0.717) is 49.2 Å². The quantitative estimate of drug-likeness (QED) is 0.802. The maximum Gasteiger partial charge on any atom is 0.256 e. The lowest BCUT2D eigenvalue weighted by atomic mass is 9.99. The summed E-state index contributed by atoms with van der Waals surface area (Å²) in [6.07, 6.45) is 9.86. The average Bonchev–Trinajstić information content (AvgIpc) is 3.28. The van der Waals surface area contributed by atoms with Crippen LogP contribution in [-0.4, -0.2) is 44.7 Å². The summed E-state index contributed by atoms with van der Waals surface area (Å²) in [7, 11) is 0. The van der Waals surface area contributed by atoms with Gasteiger partial charge in [-0.05, 0) is 50.4 Å². The molecule has 0 radical (unpaired) electrons. The van der Waals surface area contributed by atoms with Crippen molar-refractivity contribution in [2.45, 2.75) is 83.7 Å². The lowest BCUT2D eigenvalue weighted by Gasteiger charge is -2.36. The molecule has 7 nitrogen and oxygen atoms in total. The van der Waals surface area contributed by atoms with Crippen molar-refractivity contribution >= 4 is 11.8 Å². The van der Waals surface area contributed by atoms with E-state index < -0.39 is 0 Å². The van der Waals surface area contributed by atoms with Gasteiger partial charge in [0.2, 0.25) is 11.8 Å². The lowest BCUT2D eigenvalue weighted by molar-refractivity contribution is -0.137. The normalized spacial score (nSPS) is 28.5. The highest BCUT2D eigenvalue weighted by Gasteiger charge is 2.44. The zero-order valence-corrected chi connectivity index (χ0v) is 18.6. The van der Waals surface area contributed by atoms with Crippen molar-refractivity contribution in [3.8, 4) is 0 Å².